The largest absolute Gasteiger partial charge is 0.455 e. The van der Waals surface area contributed by atoms with Crippen LogP contribution in [0.2, 0.25) is 0 Å². The molecule has 0 saturated heterocycles. The molecule has 11 aromatic rings. The number of hydrogen-bond donors (Lipinski definition) is 0. The van der Waals surface area contributed by atoms with Crippen molar-refractivity contribution in [2.24, 2.45) is 0 Å². The molecule has 0 aliphatic rings. The van der Waals surface area contributed by atoms with E-state index in [1.807, 2.05) is 6.07 Å². The van der Waals surface area contributed by atoms with Crippen LogP contribution in [0.15, 0.2) is 223 Å². The van der Waals surface area contributed by atoms with E-state index in [-0.39, 0.29) is 0 Å². The molecule has 0 N–H and O–H groups in total. The predicted octanol–water partition coefficient (Wildman–Crippen LogP) is 15.2. The van der Waals surface area contributed by atoms with Gasteiger partial charge in [0.25, 0.3) is 0 Å². The zero-order chi connectivity index (χ0) is 37.7. The van der Waals surface area contributed by atoms with Gasteiger partial charge in [0.1, 0.15) is 11.2 Å². The first-order valence-corrected chi connectivity index (χ1v) is 19.4. The lowest BCUT2D eigenvalue weighted by Gasteiger charge is -2.30. The standard InChI is InChI=1S/C54H36N2O/c1-2-18-37(19-3-1)38-20-16-21-39(36-38)55(49-31-11-8-26-44(49)46-28-17-29-47-45-27-9-15-35-53(45)57-54(46)47)48-30-10-4-22-40(48)41-23-5-12-32-50(41)56-51-33-13-6-24-42(51)43-25-7-14-34-52(43)56/h1-36H. The van der Waals surface area contributed by atoms with Crippen molar-refractivity contribution in [1.82, 2.24) is 4.57 Å². The molecule has 0 aliphatic carbocycles. The van der Waals surface area contributed by atoms with Crippen LogP contribution in [0.25, 0.3) is 82.8 Å². The molecular formula is C54H36N2O. The zero-order valence-corrected chi connectivity index (χ0v) is 31.1. The molecule has 0 saturated carbocycles. The average molecular weight is 729 g/mol. The highest BCUT2D eigenvalue weighted by Gasteiger charge is 2.24. The molecular weight excluding hydrogens is 693 g/mol. The molecule has 268 valence electrons. The third-order valence-electron chi connectivity index (χ3n) is 11.2. The maximum atomic E-state index is 6.66. The first-order chi connectivity index (χ1) is 28.3. The van der Waals surface area contributed by atoms with Crippen LogP contribution in [0.4, 0.5) is 17.1 Å². The first kappa shape index (κ1) is 32.8. The van der Waals surface area contributed by atoms with Crippen molar-refractivity contribution >= 4 is 60.8 Å². The fourth-order valence-corrected chi connectivity index (χ4v) is 8.69. The van der Waals surface area contributed by atoms with E-state index < -0.39 is 0 Å². The molecule has 0 aliphatic heterocycles. The number of furan rings is 1. The van der Waals surface area contributed by atoms with Crippen LogP contribution < -0.4 is 4.90 Å². The first-order valence-electron chi connectivity index (χ1n) is 19.4. The minimum atomic E-state index is 0.883. The molecule has 0 spiro atoms. The van der Waals surface area contributed by atoms with Crippen LogP contribution in [0.3, 0.4) is 0 Å². The summed E-state index contributed by atoms with van der Waals surface area (Å²) in [6, 6.07) is 78.1. The third-order valence-corrected chi connectivity index (χ3v) is 11.2. The Labute approximate surface area is 330 Å². The van der Waals surface area contributed by atoms with E-state index in [4.69, 9.17) is 4.42 Å². The summed E-state index contributed by atoms with van der Waals surface area (Å²) in [4.78, 5) is 2.43. The molecule has 2 heterocycles. The normalized spacial score (nSPS) is 11.5. The number of fused-ring (bicyclic) bond motifs is 6. The van der Waals surface area contributed by atoms with Gasteiger partial charge in [-0.15, -0.1) is 0 Å². The Balaban J connectivity index is 1.18. The van der Waals surface area contributed by atoms with Crippen LogP contribution in [0, 0.1) is 0 Å². The van der Waals surface area contributed by atoms with E-state index in [1.165, 1.54) is 27.4 Å². The van der Waals surface area contributed by atoms with Crippen LogP contribution in [-0.2, 0) is 0 Å². The minimum absolute atomic E-state index is 0.883. The summed E-state index contributed by atoms with van der Waals surface area (Å²) in [5, 5.41) is 4.70. The number of para-hydroxylation sites is 7. The molecule has 3 heteroatoms. The molecule has 57 heavy (non-hydrogen) atoms. The summed E-state index contributed by atoms with van der Waals surface area (Å²) in [7, 11) is 0. The number of benzene rings is 9. The van der Waals surface area contributed by atoms with Gasteiger partial charge in [0.2, 0.25) is 0 Å². The summed E-state index contributed by atoms with van der Waals surface area (Å²) in [5.41, 5.74) is 15.2. The Morgan fingerprint density at radius 2 is 0.860 bits per heavy atom. The molecule has 0 amide bonds. The Bertz CT molecular complexity index is 3210. The van der Waals surface area contributed by atoms with Crippen molar-refractivity contribution in [2.45, 2.75) is 0 Å². The van der Waals surface area contributed by atoms with E-state index in [0.717, 1.165) is 72.5 Å². The lowest BCUT2D eigenvalue weighted by atomic mass is 9.96. The maximum absolute atomic E-state index is 6.66. The summed E-state index contributed by atoms with van der Waals surface area (Å²) in [6.45, 7) is 0. The van der Waals surface area contributed by atoms with Crippen molar-refractivity contribution in [1.29, 1.82) is 0 Å². The predicted molar refractivity (Wildman–Crippen MR) is 239 cm³/mol. The summed E-state index contributed by atoms with van der Waals surface area (Å²) in [5.74, 6) is 0. The van der Waals surface area contributed by atoms with Gasteiger partial charge in [-0.1, -0.05) is 170 Å². The van der Waals surface area contributed by atoms with Crippen LogP contribution in [-0.4, -0.2) is 4.57 Å². The molecule has 0 radical (unpaired) electrons. The van der Waals surface area contributed by atoms with Crippen molar-refractivity contribution in [3.63, 3.8) is 0 Å². The second-order valence-corrected chi connectivity index (χ2v) is 14.5. The zero-order valence-electron chi connectivity index (χ0n) is 31.1. The van der Waals surface area contributed by atoms with Gasteiger partial charge in [-0.3, -0.25) is 0 Å². The van der Waals surface area contributed by atoms with Crippen molar-refractivity contribution < 1.29 is 4.42 Å². The smallest absolute Gasteiger partial charge is 0.143 e. The van der Waals surface area contributed by atoms with Crippen molar-refractivity contribution in [3.8, 4) is 39.1 Å². The Kier molecular flexibility index (Phi) is 7.82. The number of rotatable bonds is 7. The Hall–Kier alpha value is -7.62. The molecule has 0 fully saturated rings. The summed E-state index contributed by atoms with van der Waals surface area (Å²) >= 11 is 0. The molecule has 3 nitrogen and oxygen atoms in total. The van der Waals surface area contributed by atoms with Gasteiger partial charge >= 0.3 is 0 Å². The molecule has 9 aromatic carbocycles. The lowest BCUT2D eigenvalue weighted by molar-refractivity contribution is 0.670. The molecule has 0 atom stereocenters. The third kappa shape index (κ3) is 5.43. The van der Waals surface area contributed by atoms with Gasteiger partial charge in [0.15, 0.2) is 0 Å². The van der Waals surface area contributed by atoms with Crippen LogP contribution in [0.1, 0.15) is 0 Å². The van der Waals surface area contributed by atoms with E-state index in [0.29, 0.717) is 0 Å². The number of aromatic nitrogens is 1. The fraction of sp³-hybridized carbons (Fsp3) is 0. The van der Waals surface area contributed by atoms with Gasteiger partial charge in [0, 0.05) is 49.5 Å². The number of hydrogen-bond acceptors (Lipinski definition) is 2. The van der Waals surface area contributed by atoms with E-state index >= 15 is 0 Å². The van der Waals surface area contributed by atoms with Gasteiger partial charge in [-0.05, 0) is 59.7 Å². The topological polar surface area (TPSA) is 21.3 Å². The van der Waals surface area contributed by atoms with Crippen LogP contribution >= 0.6 is 0 Å². The second-order valence-electron chi connectivity index (χ2n) is 14.5. The van der Waals surface area contributed by atoms with Crippen LogP contribution in [0.5, 0.6) is 0 Å². The van der Waals surface area contributed by atoms with Gasteiger partial charge < -0.3 is 13.9 Å². The van der Waals surface area contributed by atoms with Gasteiger partial charge in [-0.2, -0.15) is 0 Å². The van der Waals surface area contributed by atoms with Crippen molar-refractivity contribution in [2.75, 3.05) is 4.90 Å². The lowest BCUT2D eigenvalue weighted by Crippen LogP contribution is -2.13. The van der Waals surface area contributed by atoms with E-state index in [1.54, 1.807) is 0 Å². The second kappa shape index (κ2) is 13.6. The van der Waals surface area contributed by atoms with E-state index in [9.17, 15) is 0 Å². The maximum Gasteiger partial charge on any atom is 0.143 e. The molecule has 2 aromatic heterocycles. The quantitative estimate of drug-likeness (QED) is 0.163. The monoisotopic (exact) mass is 728 g/mol. The molecule has 11 rings (SSSR count). The molecule has 0 bridgehead atoms. The minimum Gasteiger partial charge on any atom is -0.455 e. The SMILES string of the molecule is c1ccc(-c2cccc(N(c3ccccc3-c3ccccc3-n3c4ccccc4c4ccccc43)c3ccccc3-c3cccc4c3oc3ccccc34)c2)cc1. The number of anilines is 3. The summed E-state index contributed by atoms with van der Waals surface area (Å²) in [6.07, 6.45) is 0. The highest BCUT2D eigenvalue weighted by Crippen LogP contribution is 2.48. The fourth-order valence-electron chi connectivity index (χ4n) is 8.69. The van der Waals surface area contributed by atoms with Crippen molar-refractivity contribution in [3.05, 3.63) is 218 Å². The average Bonchev–Trinajstić information content (AvgIpc) is 3.84. The van der Waals surface area contributed by atoms with Gasteiger partial charge in [0.05, 0.1) is 28.1 Å². The Morgan fingerprint density at radius 3 is 1.60 bits per heavy atom. The highest BCUT2D eigenvalue weighted by molar-refractivity contribution is 6.12. The molecule has 0 unspecified atom stereocenters. The highest BCUT2D eigenvalue weighted by atomic mass is 16.3. The van der Waals surface area contributed by atoms with Gasteiger partial charge in [-0.25, -0.2) is 0 Å². The van der Waals surface area contributed by atoms with E-state index in [2.05, 4.69) is 222 Å². The number of nitrogens with zero attached hydrogens (tertiary/aromatic N) is 2. The summed E-state index contributed by atoms with van der Waals surface area (Å²) < 4.78 is 9.08. The Morgan fingerprint density at radius 1 is 0.351 bits per heavy atom.